The predicted molar refractivity (Wildman–Crippen MR) is 72.3 cm³/mol. The van der Waals surface area contributed by atoms with Crippen LogP contribution in [0, 0.1) is 11.3 Å². The molecule has 0 aromatic rings. The van der Waals surface area contributed by atoms with Crippen LogP contribution in [0.1, 0.15) is 52.4 Å². The van der Waals surface area contributed by atoms with Gasteiger partial charge in [-0.15, -0.1) is 0 Å². The molecule has 3 nitrogen and oxygen atoms in total. The Kier molecular flexibility index (Phi) is 3.13. The minimum atomic E-state index is 0.118. The largest absolute Gasteiger partial charge is 0.341 e. The number of nitrogens with one attached hydrogen (secondary N) is 1. The third kappa shape index (κ3) is 2.29. The zero-order valence-corrected chi connectivity index (χ0v) is 11.7. The maximum absolute atomic E-state index is 12.5. The van der Waals surface area contributed by atoms with E-state index in [1.54, 1.807) is 0 Å². The van der Waals surface area contributed by atoms with Crippen molar-refractivity contribution in [1.82, 2.24) is 10.2 Å². The van der Waals surface area contributed by atoms with Crippen LogP contribution in [0.3, 0.4) is 0 Å². The molecule has 2 heterocycles. The average Bonchev–Trinajstić information content (AvgIpc) is 2.91. The first kappa shape index (κ1) is 12.5. The first-order valence-corrected chi connectivity index (χ1v) is 7.60. The van der Waals surface area contributed by atoms with Gasteiger partial charge in [-0.25, -0.2) is 0 Å². The summed E-state index contributed by atoms with van der Waals surface area (Å²) in [4.78, 5) is 14.6. The van der Waals surface area contributed by atoms with Gasteiger partial charge in [0.05, 0.1) is 6.04 Å². The highest BCUT2D eigenvalue weighted by Crippen LogP contribution is 2.35. The van der Waals surface area contributed by atoms with Gasteiger partial charge in [-0.2, -0.15) is 0 Å². The van der Waals surface area contributed by atoms with Crippen molar-refractivity contribution in [3.05, 3.63) is 0 Å². The quantitative estimate of drug-likeness (QED) is 0.773. The van der Waals surface area contributed by atoms with Gasteiger partial charge in [0.15, 0.2) is 0 Å². The lowest BCUT2D eigenvalue weighted by Gasteiger charge is -2.24. The number of hydrogen-bond acceptors (Lipinski definition) is 2. The summed E-state index contributed by atoms with van der Waals surface area (Å²) < 4.78 is 0. The minimum absolute atomic E-state index is 0.118. The molecule has 1 N–H and O–H groups in total. The van der Waals surface area contributed by atoms with Gasteiger partial charge in [0.2, 0.25) is 5.91 Å². The van der Waals surface area contributed by atoms with Crippen molar-refractivity contribution in [3.8, 4) is 0 Å². The second-order valence-corrected chi connectivity index (χ2v) is 7.28. The Labute approximate surface area is 110 Å². The lowest BCUT2D eigenvalue weighted by Crippen LogP contribution is -2.45. The van der Waals surface area contributed by atoms with Crippen molar-refractivity contribution < 1.29 is 4.79 Å². The molecule has 3 rings (SSSR count). The van der Waals surface area contributed by atoms with E-state index < -0.39 is 0 Å². The van der Waals surface area contributed by atoms with Gasteiger partial charge in [0.1, 0.15) is 0 Å². The second kappa shape index (κ2) is 4.52. The van der Waals surface area contributed by atoms with Crippen LogP contribution in [-0.4, -0.2) is 36.0 Å². The van der Waals surface area contributed by atoms with E-state index in [2.05, 4.69) is 24.1 Å². The van der Waals surface area contributed by atoms with Crippen molar-refractivity contribution in [2.24, 2.45) is 11.3 Å². The number of nitrogens with zero attached hydrogens (tertiary/aromatic N) is 1. The van der Waals surface area contributed by atoms with Gasteiger partial charge in [-0.1, -0.05) is 26.7 Å². The molecule has 102 valence electrons. The second-order valence-electron chi connectivity index (χ2n) is 7.28. The average molecular weight is 250 g/mol. The molecular formula is C15H26N2O. The highest BCUT2D eigenvalue weighted by atomic mass is 16.2. The van der Waals surface area contributed by atoms with Crippen molar-refractivity contribution >= 4 is 5.91 Å². The number of carbonyl (C=O) groups is 1. The molecule has 3 heteroatoms. The fourth-order valence-electron chi connectivity index (χ4n) is 4.03. The molecule has 1 amide bonds. The molecule has 3 fully saturated rings. The summed E-state index contributed by atoms with van der Waals surface area (Å²) in [7, 11) is 0. The van der Waals surface area contributed by atoms with Gasteiger partial charge < -0.3 is 10.2 Å². The van der Waals surface area contributed by atoms with Crippen LogP contribution in [0.15, 0.2) is 0 Å². The number of amides is 1. The number of hydrogen-bond donors (Lipinski definition) is 1. The molecule has 1 aliphatic carbocycles. The standard InChI is InChI=1S/C15H26N2O/c1-15(2)7-8-17(10-15)14(18)13-9-11-5-3-4-6-12(11)16-13/h11-13,16H,3-10H2,1-2H3. The highest BCUT2D eigenvalue weighted by molar-refractivity contribution is 5.82. The van der Waals surface area contributed by atoms with E-state index in [0.29, 0.717) is 17.4 Å². The molecule has 0 spiro atoms. The van der Waals surface area contributed by atoms with E-state index in [1.165, 1.54) is 25.7 Å². The van der Waals surface area contributed by atoms with Crippen LogP contribution < -0.4 is 5.32 Å². The van der Waals surface area contributed by atoms with Crippen LogP contribution in [0.25, 0.3) is 0 Å². The van der Waals surface area contributed by atoms with Crippen LogP contribution in [0.4, 0.5) is 0 Å². The van der Waals surface area contributed by atoms with E-state index in [0.717, 1.165) is 31.8 Å². The molecule has 0 aromatic carbocycles. The Bertz CT molecular complexity index is 325. The molecule has 0 radical (unpaired) electrons. The topological polar surface area (TPSA) is 32.3 Å². The summed E-state index contributed by atoms with van der Waals surface area (Å²) >= 11 is 0. The Balaban J connectivity index is 1.61. The van der Waals surface area contributed by atoms with Crippen LogP contribution >= 0.6 is 0 Å². The molecule has 0 aromatic heterocycles. The third-order valence-electron chi connectivity index (χ3n) is 5.15. The molecule has 3 aliphatic rings. The zero-order valence-electron chi connectivity index (χ0n) is 11.7. The number of carbonyl (C=O) groups excluding carboxylic acids is 1. The Morgan fingerprint density at radius 1 is 1.28 bits per heavy atom. The molecule has 2 aliphatic heterocycles. The fourth-order valence-corrected chi connectivity index (χ4v) is 4.03. The summed E-state index contributed by atoms with van der Waals surface area (Å²) in [6.07, 6.45) is 7.54. The van der Waals surface area contributed by atoms with Crippen LogP contribution in [0.2, 0.25) is 0 Å². The van der Waals surface area contributed by atoms with E-state index in [9.17, 15) is 4.79 Å². The molecule has 2 saturated heterocycles. The summed E-state index contributed by atoms with van der Waals surface area (Å²) in [6.45, 7) is 6.43. The zero-order chi connectivity index (χ0) is 12.8. The molecule has 1 saturated carbocycles. The normalized spacial score (nSPS) is 38.8. The molecule has 3 unspecified atom stereocenters. The molecule has 3 atom stereocenters. The predicted octanol–water partition coefficient (Wildman–Crippen LogP) is 2.17. The maximum Gasteiger partial charge on any atom is 0.239 e. The first-order valence-electron chi connectivity index (χ1n) is 7.60. The number of rotatable bonds is 1. The third-order valence-corrected chi connectivity index (χ3v) is 5.15. The lowest BCUT2D eigenvalue weighted by molar-refractivity contribution is -0.132. The van der Waals surface area contributed by atoms with Crippen molar-refractivity contribution in [1.29, 1.82) is 0 Å². The smallest absolute Gasteiger partial charge is 0.239 e. The summed E-state index contributed by atoms with van der Waals surface area (Å²) in [5, 5.41) is 3.61. The molecule has 0 bridgehead atoms. The summed E-state index contributed by atoms with van der Waals surface area (Å²) in [5.41, 5.74) is 0.320. The van der Waals surface area contributed by atoms with Crippen molar-refractivity contribution in [3.63, 3.8) is 0 Å². The number of fused-ring (bicyclic) bond motifs is 1. The maximum atomic E-state index is 12.5. The van der Waals surface area contributed by atoms with E-state index in [1.807, 2.05) is 0 Å². The first-order chi connectivity index (χ1) is 8.55. The van der Waals surface area contributed by atoms with Crippen LogP contribution in [-0.2, 0) is 4.79 Å². The van der Waals surface area contributed by atoms with Crippen LogP contribution in [0.5, 0.6) is 0 Å². The highest BCUT2D eigenvalue weighted by Gasteiger charge is 2.41. The summed E-state index contributed by atoms with van der Waals surface area (Å²) in [6, 6.07) is 0.746. The lowest BCUT2D eigenvalue weighted by atomic mass is 9.85. The molecule has 18 heavy (non-hydrogen) atoms. The van der Waals surface area contributed by atoms with Crippen molar-refractivity contribution in [2.75, 3.05) is 13.1 Å². The van der Waals surface area contributed by atoms with E-state index >= 15 is 0 Å². The Morgan fingerprint density at radius 2 is 2.06 bits per heavy atom. The van der Waals surface area contributed by atoms with Crippen molar-refractivity contribution in [2.45, 2.75) is 64.5 Å². The minimum Gasteiger partial charge on any atom is -0.341 e. The molecular weight excluding hydrogens is 224 g/mol. The van der Waals surface area contributed by atoms with Gasteiger partial charge in [-0.3, -0.25) is 4.79 Å². The van der Waals surface area contributed by atoms with Gasteiger partial charge >= 0.3 is 0 Å². The monoisotopic (exact) mass is 250 g/mol. The SMILES string of the molecule is CC1(C)CCN(C(=O)C2CC3CCCCC3N2)C1. The van der Waals surface area contributed by atoms with Gasteiger partial charge in [0.25, 0.3) is 0 Å². The Hall–Kier alpha value is -0.570. The summed E-state index contributed by atoms with van der Waals surface area (Å²) in [5.74, 6) is 1.14. The van der Waals surface area contributed by atoms with Gasteiger partial charge in [-0.05, 0) is 37.0 Å². The number of likely N-dealkylation sites (tertiary alicyclic amines) is 1. The Morgan fingerprint density at radius 3 is 2.72 bits per heavy atom. The van der Waals surface area contributed by atoms with E-state index in [4.69, 9.17) is 0 Å². The van der Waals surface area contributed by atoms with Gasteiger partial charge in [0, 0.05) is 19.1 Å². The van der Waals surface area contributed by atoms with E-state index in [-0.39, 0.29) is 6.04 Å². The fraction of sp³-hybridized carbons (Fsp3) is 0.933.